The van der Waals surface area contributed by atoms with Crippen LogP contribution in [0.25, 0.3) is 10.4 Å². The fourth-order valence-electron chi connectivity index (χ4n) is 2.27. The summed E-state index contributed by atoms with van der Waals surface area (Å²) in [5.41, 5.74) is 2.22. The van der Waals surface area contributed by atoms with E-state index in [4.69, 9.17) is 4.74 Å². The second-order valence-corrected chi connectivity index (χ2v) is 9.02. The van der Waals surface area contributed by atoms with Gasteiger partial charge in [-0.25, -0.2) is 13.4 Å². The van der Waals surface area contributed by atoms with Gasteiger partial charge in [-0.3, -0.25) is 10.1 Å². The number of hydrogen-bond donors (Lipinski definition) is 1. The normalized spacial score (nSPS) is 11.2. The highest BCUT2D eigenvalue weighted by molar-refractivity contribution is 7.90. The molecule has 0 spiro atoms. The smallest absolute Gasteiger partial charge is 0.264 e. The van der Waals surface area contributed by atoms with E-state index in [1.807, 2.05) is 31.2 Å². The summed E-state index contributed by atoms with van der Waals surface area (Å²) in [7, 11) is -3.26. The highest BCUT2D eigenvalue weighted by atomic mass is 32.2. The maximum Gasteiger partial charge on any atom is 0.264 e. The largest absolute Gasteiger partial charge is 0.484 e. The Bertz CT molecular complexity index is 1040. The minimum atomic E-state index is -3.26. The third-order valence-electron chi connectivity index (χ3n) is 3.71. The van der Waals surface area contributed by atoms with Crippen molar-refractivity contribution in [1.82, 2.24) is 4.98 Å². The van der Waals surface area contributed by atoms with Gasteiger partial charge < -0.3 is 4.74 Å². The molecular weight excluding hydrogens is 384 g/mol. The van der Waals surface area contributed by atoms with Gasteiger partial charge in [0, 0.05) is 12.5 Å². The molecule has 6 nitrogen and oxygen atoms in total. The average Bonchev–Trinajstić information content (AvgIpc) is 3.08. The van der Waals surface area contributed by atoms with E-state index in [0.717, 1.165) is 16.7 Å². The van der Waals surface area contributed by atoms with Crippen LogP contribution in [0.1, 0.15) is 5.56 Å². The van der Waals surface area contributed by atoms with Crippen LogP contribution < -0.4 is 10.1 Å². The second kappa shape index (κ2) is 7.89. The van der Waals surface area contributed by atoms with E-state index >= 15 is 0 Å². The predicted octanol–water partition coefficient (Wildman–Crippen LogP) is 3.54. The number of hydrogen-bond acceptors (Lipinski definition) is 6. The first-order valence-corrected chi connectivity index (χ1v) is 10.8. The van der Waals surface area contributed by atoms with E-state index < -0.39 is 9.84 Å². The Morgan fingerprint density at radius 3 is 2.41 bits per heavy atom. The number of amides is 1. The van der Waals surface area contributed by atoms with Crippen LogP contribution in [0.2, 0.25) is 0 Å². The van der Waals surface area contributed by atoms with Crippen molar-refractivity contribution in [2.75, 3.05) is 18.2 Å². The third-order valence-corrected chi connectivity index (χ3v) is 5.80. The molecule has 0 aliphatic rings. The summed E-state index contributed by atoms with van der Waals surface area (Å²) in [5.74, 6) is 0.0732. The lowest BCUT2D eigenvalue weighted by atomic mass is 10.1. The first-order chi connectivity index (χ1) is 12.8. The molecule has 0 saturated carbocycles. The van der Waals surface area contributed by atoms with E-state index in [1.54, 1.807) is 6.20 Å². The third kappa shape index (κ3) is 5.15. The zero-order valence-electron chi connectivity index (χ0n) is 14.8. The number of rotatable bonds is 6. The van der Waals surface area contributed by atoms with Gasteiger partial charge in [0.05, 0.1) is 9.77 Å². The highest BCUT2D eigenvalue weighted by Gasteiger charge is 2.10. The summed E-state index contributed by atoms with van der Waals surface area (Å²) >= 11 is 1.38. The monoisotopic (exact) mass is 402 g/mol. The van der Waals surface area contributed by atoms with Gasteiger partial charge in [-0.05, 0) is 36.8 Å². The van der Waals surface area contributed by atoms with E-state index in [1.165, 1.54) is 41.2 Å². The molecular formula is C19H18N2O4S2. The lowest BCUT2D eigenvalue weighted by Gasteiger charge is -2.06. The topological polar surface area (TPSA) is 85.4 Å². The zero-order valence-corrected chi connectivity index (χ0v) is 16.4. The Labute approximate surface area is 161 Å². The Morgan fingerprint density at radius 1 is 1.11 bits per heavy atom. The summed E-state index contributed by atoms with van der Waals surface area (Å²) in [5, 5.41) is 3.19. The lowest BCUT2D eigenvalue weighted by Crippen LogP contribution is -2.20. The highest BCUT2D eigenvalue weighted by Crippen LogP contribution is 2.29. The average molecular weight is 402 g/mol. The molecule has 27 heavy (non-hydrogen) atoms. The molecule has 0 aliphatic heterocycles. The number of sulfone groups is 1. The molecule has 1 aromatic heterocycles. The molecule has 140 valence electrons. The van der Waals surface area contributed by atoms with E-state index in [9.17, 15) is 13.2 Å². The van der Waals surface area contributed by atoms with Crippen molar-refractivity contribution in [3.05, 3.63) is 60.3 Å². The quantitative estimate of drug-likeness (QED) is 0.682. The number of nitrogens with one attached hydrogen (secondary N) is 1. The van der Waals surface area contributed by atoms with Gasteiger partial charge in [0.15, 0.2) is 21.6 Å². The van der Waals surface area contributed by atoms with Gasteiger partial charge in [0.25, 0.3) is 5.91 Å². The number of anilines is 1. The van der Waals surface area contributed by atoms with Gasteiger partial charge in [-0.2, -0.15) is 0 Å². The molecule has 3 rings (SSSR count). The van der Waals surface area contributed by atoms with Crippen LogP contribution in [0.15, 0.2) is 59.6 Å². The molecule has 0 saturated heterocycles. The SMILES string of the molecule is Cc1ccc(-c2cnc(NC(=O)COc3ccc(S(C)(=O)=O)cc3)s2)cc1. The molecule has 1 heterocycles. The van der Waals surface area contributed by atoms with Crippen LogP contribution in [0.5, 0.6) is 5.75 Å². The lowest BCUT2D eigenvalue weighted by molar-refractivity contribution is -0.118. The molecule has 0 radical (unpaired) electrons. The maximum absolute atomic E-state index is 12.0. The minimum Gasteiger partial charge on any atom is -0.484 e. The summed E-state index contributed by atoms with van der Waals surface area (Å²) in [4.78, 5) is 17.4. The van der Waals surface area contributed by atoms with Crippen LogP contribution in [0.3, 0.4) is 0 Å². The van der Waals surface area contributed by atoms with Gasteiger partial charge in [-0.15, -0.1) is 0 Å². The van der Waals surface area contributed by atoms with E-state index in [0.29, 0.717) is 10.9 Å². The summed E-state index contributed by atoms with van der Waals surface area (Å²) < 4.78 is 28.2. The number of benzene rings is 2. The molecule has 0 aliphatic carbocycles. The van der Waals surface area contributed by atoms with Crippen LogP contribution in [-0.4, -0.2) is 32.2 Å². The predicted molar refractivity (Wildman–Crippen MR) is 106 cm³/mol. The maximum atomic E-state index is 12.0. The number of carbonyl (C=O) groups excluding carboxylic acids is 1. The van der Waals surface area contributed by atoms with Crippen molar-refractivity contribution in [1.29, 1.82) is 0 Å². The molecule has 3 aromatic rings. The zero-order chi connectivity index (χ0) is 19.4. The Kier molecular flexibility index (Phi) is 5.57. The number of aryl methyl sites for hydroxylation is 1. The first kappa shape index (κ1) is 19.1. The Morgan fingerprint density at radius 2 is 1.78 bits per heavy atom. The van der Waals surface area contributed by atoms with Crippen molar-refractivity contribution in [3.8, 4) is 16.2 Å². The number of thiazole rings is 1. The molecule has 8 heteroatoms. The summed E-state index contributed by atoms with van der Waals surface area (Å²) in [6, 6.07) is 14.0. The van der Waals surface area contributed by atoms with Crippen molar-refractivity contribution in [2.45, 2.75) is 11.8 Å². The number of aromatic nitrogens is 1. The van der Waals surface area contributed by atoms with Crippen molar-refractivity contribution in [2.24, 2.45) is 0 Å². The van der Waals surface area contributed by atoms with Crippen LogP contribution >= 0.6 is 11.3 Å². The first-order valence-electron chi connectivity index (χ1n) is 8.07. The molecule has 0 bridgehead atoms. The van der Waals surface area contributed by atoms with Crippen molar-refractivity contribution >= 4 is 32.2 Å². The Balaban J connectivity index is 1.56. The van der Waals surface area contributed by atoms with E-state index in [-0.39, 0.29) is 17.4 Å². The fraction of sp³-hybridized carbons (Fsp3) is 0.158. The molecule has 1 N–H and O–H groups in total. The van der Waals surface area contributed by atoms with Crippen LogP contribution in [0.4, 0.5) is 5.13 Å². The molecule has 0 unspecified atom stereocenters. The number of carbonyl (C=O) groups is 1. The molecule has 0 fully saturated rings. The van der Waals surface area contributed by atoms with Crippen molar-refractivity contribution < 1.29 is 17.9 Å². The fourth-order valence-corrected chi connectivity index (χ4v) is 3.74. The minimum absolute atomic E-state index is 0.197. The van der Waals surface area contributed by atoms with Gasteiger partial charge in [-0.1, -0.05) is 41.2 Å². The number of ether oxygens (including phenoxy) is 1. The molecule has 1 amide bonds. The van der Waals surface area contributed by atoms with Crippen molar-refractivity contribution in [3.63, 3.8) is 0 Å². The van der Waals surface area contributed by atoms with Gasteiger partial charge in [0.1, 0.15) is 5.75 Å². The van der Waals surface area contributed by atoms with Crippen LogP contribution in [0, 0.1) is 6.92 Å². The van der Waals surface area contributed by atoms with Gasteiger partial charge >= 0.3 is 0 Å². The second-order valence-electron chi connectivity index (χ2n) is 5.98. The number of nitrogens with zero attached hydrogens (tertiary/aromatic N) is 1. The van der Waals surface area contributed by atoms with Crippen LogP contribution in [-0.2, 0) is 14.6 Å². The Hall–Kier alpha value is -2.71. The molecule has 2 aromatic carbocycles. The summed E-state index contributed by atoms with van der Waals surface area (Å²) in [6.07, 6.45) is 2.85. The van der Waals surface area contributed by atoms with Gasteiger partial charge in [0.2, 0.25) is 0 Å². The summed E-state index contributed by atoms with van der Waals surface area (Å²) in [6.45, 7) is 1.83. The standard InChI is InChI=1S/C19H18N2O4S2/c1-13-3-5-14(6-4-13)17-11-20-19(26-17)21-18(22)12-25-15-7-9-16(10-8-15)27(2,23)24/h3-11H,12H2,1-2H3,(H,20,21,22). The molecule has 0 atom stereocenters. The van der Waals surface area contributed by atoms with E-state index in [2.05, 4.69) is 10.3 Å².